The Balaban J connectivity index is 2.15. The Morgan fingerprint density at radius 2 is 2.40 bits per heavy atom. The van der Waals surface area contributed by atoms with Crippen molar-refractivity contribution in [2.24, 2.45) is 0 Å². The summed E-state index contributed by atoms with van der Waals surface area (Å²) < 4.78 is 4.83. The van der Waals surface area contributed by atoms with Crippen LogP contribution in [0.5, 0.6) is 0 Å². The molecule has 1 radical (unpaired) electrons. The molecule has 1 aromatic rings. The first-order valence-corrected chi connectivity index (χ1v) is 3.62. The average molecular weight is 139 g/mol. The Labute approximate surface area is 60.5 Å². The fourth-order valence-corrected chi connectivity index (χ4v) is 0.797. The zero-order valence-electron chi connectivity index (χ0n) is 6.13. The van der Waals surface area contributed by atoms with Crippen LogP contribution < -0.4 is 0 Å². The van der Waals surface area contributed by atoms with Crippen molar-refractivity contribution in [3.63, 3.8) is 0 Å². The number of unbranched alkanes of at least 4 members (excludes halogenated alkanes) is 2. The number of aryl methyl sites for hydroxylation is 1. The molecule has 3 heteroatoms. The lowest BCUT2D eigenvalue weighted by Gasteiger charge is -1.90. The molecule has 0 fully saturated rings. The molecule has 0 aromatic carbocycles. The maximum atomic E-state index is 4.83. The van der Waals surface area contributed by atoms with E-state index < -0.39 is 0 Å². The minimum Gasteiger partial charge on any atom is -0.417 e. The molecule has 0 atom stereocenters. The fraction of sp³-hybridized carbons (Fsp3) is 0.714. The van der Waals surface area contributed by atoms with E-state index in [9.17, 15) is 0 Å². The first kappa shape index (κ1) is 7.25. The number of nitrogens with zero attached hydrogens (tertiary/aromatic N) is 2. The van der Waals surface area contributed by atoms with Gasteiger partial charge < -0.3 is 4.42 Å². The second kappa shape index (κ2) is 4.04. The number of hydrogen-bond acceptors (Lipinski definition) is 3. The summed E-state index contributed by atoms with van der Waals surface area (Å²) in [4.78, 5) is 0. The third-order valence-electron chi connectivity index (χ3n) is 1.36. The molecule has 10 heavy (non-hydrogen) atoms. The van der Waals surface area contributed by atoms with Crippen LogP contribution in [0.1, 0.15) is 32.1 Å². The normalized spacial score (nSPS) is 10.1. The molecule has 0 aliphatic heterocycles. The Morgan fingerprint density at radius 1 is 1.50 bits per heavy atom. The Morgan fingerprint density at radius 3 is 3.00 bits per heavy atom. The summed E-state index contributed by atoms with van der Waals surface area (Å²) in [6.45, 7) is 2.17. The standard InChI is InChI=1S/C7H11N2O/c1-2-3-4-5-7-9-8-6-10-7/h2-5H2,1H3. The molecule has 3 nitrogen and oxygen atoms in total. The van der Waals surface area contributed by atoms with Gasteiger partial charge in [0, 0.05) is 6.42 Å². The maximum Gasteiger partial charge on any atom is 0.305 e. The molecule has 0 bridgehead atoms. The molecule has 0 amide bonds. The Bertz CT molecular complexity index is 160. The highest BCUT2D eigenvalue weighted by molar-refractivity contribution is 4.71. The third-order valence-corrected chi connectivity index (χ3v) is 1.36. The second-order valence-corrected chi connectivity index (χ2v) is 2.24. The first-order chi connectivity index (χ1) is 4.93. The van der Waals surface area contributed by atoms with E-state index in [1.54, 1.807) is 0 Å². The lowest BCUT2D eigenvalue weighted by molar-refractivity contribution is 0.474. The zero-order valence-corrected chi connectivity index (χ0v) is 6.13. The van der Waals surface area contributed by atoms with Crippen molar-refractivity contribution in [1.82, 2.24) is 10.2 Å². The summed E-state index contributed by atoms with van der Waals surface area (Å²) in [5.74, 6) is 0.702. The van der Waals surface area contributed by atoms with Gasteiger partial charge in [0.05, 0.1) is 0 Å². The summed E-state index contributed by atoms with van der Waals surface area (Å²) in [7, 11) is 0. The van der Waals surface area contributed by atoms with E-state index >= 15 is 0 Å². The highest BCUT2D eigenvalue weighted by Crippen LogP contribution is 2.01. The smallest absolute Gasteiger partial charge is 0.305 e. The molecule has 55 valence electrons. The predicted octanol–water partition coefficient (Wildman–Crippen LogP) is 1.60. The van der Waals surface area contributed by atoms with Crippen LogP contribution in [0.15, 0.2) is 4.42 Å². The van der Waals surface area contributed by atoms with Gasteiger partial charge >= 0.3 is 6.39 Å². The molecule has 0 spiro atoms. The lowest BCUT2D eigenvalue weighted by Crippen LogP contribution is -1.84. The predicted molar refractivity (Wildman–Crippen MR) is 36.4 cm³/mol. The van der Waals surface area contributed by atoms with E-state index in [0.717, 1.165) is 12.8 Å². The van der Waals surface area contributed by atoms with E-state index in [-0.39, 0.29) is 0 Å². The van der Waals surface area contributed by atoms with Gasteiger partial charge in [0.1, 0.15) is 0 Å². The SMILES string of the molecule is CCCCCc1nn[c]o1. The van der Waals surface area contributed by atoms with Gasteiger partial charge in [-0.3, -0.25) is 0 Å². The van der Waals surface area contributed by atoms with Gasteiger partial charge in [-0.1, -0.05) is 19.8 Å². The number of hydrogen-bond donors (Lipinski definition) is 0. The number of rotatable bonds is 4. The molecule has 0 aliphatic carbocycles. The third kappa shape index (κ3) is 2.17. The topological polar surface area (TPSA) is 38.9 Å². The molecule has 1 rings (SSSR count). The quantitative estimate of drug-likeness (QED) is 0.595. The average Bonchev–Trinajstić information content (AvgIpc) is 2.41. The molecular formula is C7H11N2O. The minimum absolute atomic E-state index is 0.702. The van der Waals surface area contributed by atoms with E-state index in [1.165, 1.54) is 12.8 Å². The maximum absolute atomic E-state index is 4.83. The molecule has 0 unspecified atom stereocenters. The van der Waals surface area contributed by atoms with Crippen molar-refractivity contribution in [2.45, 2.75) is 32.6 Å². The Kier molecular flexibility index (Phi) is 2.93. The van der Waals surface area contributed by atoms with Crippen molar-refractivity contribution in [1.29, 1.82) is 0 Å². The fourth-order valence-electron chi connectivity index (χ4n) is 0.797. The van der Waals surface area contributed by atoms with Gasteiger partial charge in [0.2, 0.25) is 5.89 Å². The van der Waals surface area contributed by atoms with Gasteiger partial charge in [0.25, 0.3) is 0 Å². The van der Waals surface area contributed by atoms with Gasteiger partial charge in [-0.2, -0.15) is 0 Å². The molecule has 1 aromatic heterocycles. The van der Waals surface area contributed by atoms with Crippen molar-refractivity contribution in [2.75, 3.05) is 0 Å². The van der Waals surface area contributed by atoms with E-state index in [2.05, 4.69) is 23.5 Å². The van der Waals surface area contributed by atoms with Gasteiger partial charge in [-0.25, -0.2) is 0 Å². The molecule has 0 aliphatic rings. The largest absolute Gasteiger partial charge is 0.417 e. The Hall–Kier alpha value is -0.860. The van der Waals surface area contributed by atoms with Crippen LogP contribution >= 0.6 is 0 Å². The highest BCUT2D eigenvalue weighted by atomic mass is 16.4. The van der Waals surface area contributed by atoms with Crippen LogP contribution in [0.3, 0.4) is 0 Å². The summed E-state index contributed by atoms with van der Waals surface area (Å²) in [5.41, 5.74) is 0. The van der Waals surface area contributed by atoms with E-state index in [4.69, 9.17) is 4.42 Å². The summed E-state index contributed by atoms with van der Waals surface area (Å²) in [6, 6.07) is 0. The van der Waals surface area contributed by atoms with Crippen LogP contribution in [-0.2, 0) is 6.42 Å². The number of aromatic nitrogens is 2. The summed E-state index contributed by atoms with van der Waals surface area (Å²) >= 11 is 0. The molecule has 1 heterocycles. The summed E-state index contributed by atoms with van der Waals surface area (Å²) in [6.07, 6.45) is 6.79. The van der Waals surface area contributed by atoms with Crippen molar-refractivity contribution in [3.8, 4) is 0 Å². The van der Waals surface area contributed by atoms with Gasteiger partial charge in [-0.05, 0) is 6.42 Å². The van der Waals surface area contributed by atoms with Crippen LogP contribution in [0.2, 0.25) is 0 Å². The van der Waals surface area contributed by atoms with E-state index in [0.29, 0.717) is 5.89 Å². The molecular weight excluding hydrogens is 128 g/mol. The first-order valence-electron chi connectivity index (χ1n) is 3.62. The van der Waals surface area contributed by atoms with Gasteiger partial charge in [0.15, 0.2) is 0 Å². The summed E-state index contributed by atoms with van der Waals surface area (Å²) in [5, 5.41) is 7.18. The highest BCUT2D eigenvalue weighted by Gasteiger charge is 1.96. The lowest BCUT2D eigenvalue weighted by atomic mass is 10.2. The van der Waals surface area contributed by atoms with E-state index in [1.807, 2.05) is 0 Å². The van der Waals surface area contributed by atoms with Gasteiger partial charge in [-0.15, -0.1) is 10.2 Å². The molecule has 0 N–H and O–H groups in total. The second-order valence-electron chi connectivity index (χ2n) is 2.24. The zero-order chi connectivity index (χ0) is 7.23. The minimum atomic E-state index is 0.702. The van der Waals surface area contributed by atoms with Crippen molar-refractivity contribution < 1.29 is 4.42 Å². The molecule has 0 saturated carbocycles. The van der Waals surface area contributed by atoms with Crippen molar-refractivity contribution in [3.05, 3.63) is 12.3 Å². The van der Waals surface area contributed by atoms with Crippen LogP contribution in [-0.4, -0.2) is 10.2 Å². The van der Waals surface area contributed by atoms with Crippen LogP contribution in [0.4, 0.5) is 0 Å². The van der Waals surface area contributed by atoms with Crippen LogP contribution in [0.25, 0.3) is 0 Å². The van der Waals surface area contributed by atoms with Crippen molar-refractivity contribution >= 4 is 0 Å². The monoisotopic (exact) mass is 139 g/mol. The van der Waals surface area contributed by atoms with Crippen LogP contribution in [0, 0.1) is 6.39 Å². The molecule has 0 saturated heterocycles.